The van der Waals surface area contributed by atoms with Crippen LogP contribution < -0.4 is 10.1 Å². The van der Waals surface area contributed by atoms with Crippen molar-refractivity contribution >= 4 is 11.4 Å². The van der Waals surface area contributed by atoms with Gasteiger partial charge in [0, 0.05) is 11.3 Å². The number of aryl methyl sites for hydroxylation is 1. The van der Waals surface area contributed by atoms with Crippen molar-refractivity contribution in [3.8, 4) is 5.75 Å². The van der Waals surface area contributed by atoms with Crippen LogP contribution in [0.5, 0.6) is 5.75 Å². The van der Waals surface area contributed by atoms with E-state index >= 15 is 0 Å². The molecule has 2 aromatic rings. The van der Waals surface area contributed by atoms with Gasteiger partial charge in [0.2, 0.25) is 0 Å². The third kappa shape index (κ3) is 1.74. The van der Waals surface area contributed by atoms with Gasteiger partial charge in [-0.3, -0.25) is 0 Å². The van der Waals surface area contributed by atoms with E-state index in [0.717, 1.165) is 17.1 Å². The van der Waals surface area contributed by atoms with Gasteiger partial charge in [0.05, 0.1) is 5.69 Å². The number of rotatable bonds is 0. The van der Waals surface area contributed by atoms with Gasteiger partial charge in [-0.05, 0) is 44.5 Å². The lowest BCUT2D eigenvalue weighted by molar-refractivity contribution is 0.112. The number of ether oxygens (including phenoxy) is 1. The van der Waals surface area contributed by atoms with Crippen molar-refractivity contribution in [2.45, 2.75) is 26.4 Å². The Morgan fingerprint density at radius 2 is 1.78 bits per heavy atom. The molecule has 0 bridgehead atoms. The molecule has 0 unspecified atom stereocenters. The Bertz CT molecular complexity index is 602. The average molecular weight is 239 g/mol. The second-order valence-electron chi connectivity index (χ2n) is 5.28. The van der Waals surface area contributed by atoms with E-state index in [1.165, 1.54) is 11.1 Å². The second kappa shape index (κ2) is 3.77. The van der Waals surface area contributed by atoms with Crippen molar-refractivity contribution in [1.29, 1.82) is 0 Å². The van der Waals surface area contributed by atoms with Crippen molar-refractivity contribution in [3.63, 3.8) is 0 Å². The number of anilines is 2. The molecule has 92 valence electrons. The van der Waals surface area contributed by atoms with Crippen LogP contribution in [0.1, 0.15) is 25.0 Å². The zero-order chi connectivity index (χ0) is 12.8. The minimum Gasteiger partial charge on any atom is -0.481 e. The predicted octanol–water partition coefficient (Wildman–Crippen LogP) is 4.37. The molecule has 0 fully saturated rings. The number of nitrogens with one attached hydrogen (secondary N) is 1. The van der Waals surface area contributed by atoms with Crippen molar-refractivity contribution in [1.82, 2.24) is 0 Å². The minimum atomic E-state index is -0.331. The number of para-hydroxylation sites is 1. The first-order chi connectivity index (χ1) is 8.56. The van der Waals surface area contributed by atoms with Crippen LogP contribution in [0.15, 0.2) is 42.5 Å². The largest absolute Gasteiger partial charge is 0.481 e. The van der Waals surface area contributed by atoms with Crippen LogP contribution in [0.25, 0.3) is 0 Å². The fraction of sp³-hybridized carbons (Fsp3) is 0.250. The third-order valence-corrected chi connectivity index (χ3v) is 3.35. The molecule has 2 aromatic carbocycles. The predicted molar refractivity (Wildman–Crippen MR) is 74.6 cm³/mol. The lowest BCUT2D eigenvalue weighted by Crippen LogP contribution is -2.24. The first kappa shape index (κ1) is 11.1. The highest BCUT2D eigenvalue weighted by Crippen LogP contribution is 2.41. The Hall–Kier alpha value is -1.96. The van der Waals surface area contributed by atoms with Gasteiger partial charge in [0.15, 0.2) is 0 Å². The maximum Gasteiger partial charge on any atom is 0.144 e. The van der Waals surface area contributed by atoms with Gasteiger partial charge in [-0.2, -0.15) is 0 Å². The summed E-state index contributed by atoms with van der Waals surface area (Å²) in [7, 11) is 0. The lowest BCUT2D eigenvalue weighted by Gasteiger charge is -2.26. The normalized spacial score (nSPS) is 15.7. The monoisotopic (exact) mass is 239 g/mol. The van der Waals surface area contributed by atoms with Crippen LogP contribution in [0, 0.1) is 6.92 Å². The van der Waals surface area contributed by atoms with Crippen LogP contribution in [0.3, 0.4) is 0 Å². The Balaban J connectivity index is 2.20. The van der Waals surface area contributed by atoms with Crippen LogP contribution in [0.4, 0.5) is 11.4 Å². The van der Waals surface area contributed by atoms with E-state index in [1.807, 2.05) is 12.1 Å². The summed E-state index contributed by atoms with van der Waals surface area (Å²) in [6.45, 7) is 6.28. The quantitative estimate of drug-likeness (QED) is 0.737. The lowest BCUT2D eigenvalue weighted by atomic mass is 9.96. The fourth-order valence-corrected chi connectivity index (χ4v) is 2.41. The van der Waals surface area contributed by atoms with Crippen LogP contribution in [-0.2, 0) is 5.60 Å². The second-order valence-corrected chi connectivity index (χ2v) is 5.28. The minimum absolute atomic E-state index is 0.331. The first-order valence-electron chi connectivity index (χ1n) is 6.22. The first-order valence-corrected chi connectivity index (χ1v) is 6.22. The Morgan fingerprint density at radius 3 is 2.61 bits per heavy atom. The van der Waals surface area contributed by atoms with E-state index in [9.17, 15) is 0 Å². The van der Waals surface area contributed by atoms with Gasteiger partial charge in [-0.15, -0.1) is 0 Å². The highest BCUT2D eigenvalue weighted by molar-refractivity contribution is 5.71. The summed E-state index contributed by atoms with van der Waals surface area (Å²) in [5, 5.41) is 3.46. The van der Waals surface area contributed by atoms with Gasteiger partial charge in [0.25, 0.3) is 0 Å². The molecule has 1 aliphatic heterocycles. The topological polar surface area (TPSA) is 21.3 Å². The molecule has 0 aliphatic carbocycles. The number of benzene rings is 2. The molecule has 0 aromatic heterocycles. The fourth-order valence-electron chi connectivity index (χ4n) is 2.41. The molecule has 3 rings (SSSR count). The summed E-state index contributed by atoms with van der Waals surface area (Å²) in [6, 6.07) is 14.5. The zero-order valence-electron chi connectivity index (χ0n) is 10.9. The molecular formula is C16H17NO. The summed E-state index contributed by atoms with van der Waals surface area (Å²) in [5.41, 5.74) is 4.20. The number of fused-ring (bicyclic) bond motifs is 2. The van der Waals surface area contributed by atoms with Gasteiger partial charge in [-0.1, -0.05) is 24.3 Å². The molecule has 2 heteroatoms. The molecule has 2 nitrogen and oxygen atoms in total. The molecule has 0 radical (unpaired) electrons. The summed E-state index contributed by atoms with van der Waals surface area (Å²) in [4.78, 5) is 0. The average Bonchev–Trinajstić information content (AvgIpc) is 2.43. The molecule has 1 heterocycles. The molecule has 1 aliphatic rings. The van der Waals surface area contributed by atoms with Gasteiger partial charge >= 0.3 is 0 Å². The van der Waals surface area contributed by atoms with Crippen molar-refractivity contribution in [3.05, 3.63) is 53.6 Å². The van der Waals surface area contributed by atoms with E-state index in [-0.39, 0.29) is 5.60 Å². The van der Waals surface area contributed by atoms with Crippen molar-refractivity contribution in [2.75, 3.05) is 5.32 Å². The molecule has 0 atom stereocenters. The number of hydrogen-bond donors (Lipinski definition) is 1. The molecule has 18 heavy (non-hydrogen) atoms. The molecule has 0 amide bonds. The highest BCUT2D eigenvalue weighted by Gasteiger charge is 2.29. The van der Waals surface area contributed by atoms with E-state index in [0.29, 0.717) is 0 Å². The van der Waals surface area contributed by atoms with E-state index < -0.39 is 0 Å². The molecule has 0 saturated carbocycles. The van der Waals surface area contributed by atoms with E-state index in [2.05, 4.69) is 56.4 Å². The summed E-state index contributed by atoms with van der Waals surface area (Å²) in [5.74, 6) is 0.913. The zero-order valence-corrected chi connectivity index (χ0v) is 10.9. The molecule has 0 spiro atoms. The summed E-state index contributed by atoms with van der Waals surface area (Å²) >= 11 is 0. The van der Waals surface area contributed by atoms with E-state index in [1.54, 1.807) is 0 Å². The highest BCUT2D eigenvalue weighted by atomic mass is 16.5. The van der Waals surface area contributed by atoms with Crippen LogP contribution in [-0.4, -0.2) is 0 Å². The van der Waals surface area contributed by atoms with Gasteiger partial charge in [-0.25, -0.2) is 0 Å². The molecular weight excluding hydrogens is 222 g/mol. The maximum absolute atomic E-state index is 6.19. The Morgan fingerprint density at radius 1 is 1.00 bits per heavy atom. The summed E-state index contributed by atoms with van der Waals surface area (Å²) < 4.78 is 6.19. The van der Waals surface area contributed by atoms with Gasteiger partial charge in [0.1, 0.15) is 11.4 Å². The van der Waals surface area contributed by atoms with Crippen molar-refractivity contribution < 1.29 is 4.74 Å². The van der Waals surface area contributed by atoms with Crippen molar-refractivity contribution in [2.24, 2.45) is 0 Å². The number of hydrogen-bond acceptors (Lipinski definition) is 2. The SMILES string of the molecule is Cc1ccc2c(c1)OC(C)(C)c1ccccc1N2. The smallest absolute Gasteiger partial charge is 0.144 e. The van der Waals surface area contributed by atoms with Crippen LogP contribution >= 0.6 is 0 Å². The standard InChI is InChI=1S/C16H17NO/c1-11-8-9-14-15(10-11)18-16(2,3)12-6-4-5-7-13(12)17-14/h4-10,17H,1-3H3. The third-order valence-electron chi connectivity index (χ3n) is 3.35. The Labute approximate surface area is 108 Å². The molecule has 0 saturated heterocycles. The molecule has 1 N–H and O–H groups in total. The summed E-state index contributed by atoms with van der Waals surface area (Å²) in [6.07, 6.45) is 0. The van der Waals surface area contributed by atoms with E-state index in [4.69, 9.17) is 4.74 Å². The Kier molecular flexibility index (Phi) is 2.34. The van der Waals surface area contributed by atoms with Gasteiger partial charge < -0.3 is 10.1 Å². The maximum atomic E-state index is 6.19. The van der Waals surface area contributed by atoms with Crippen LogP contribution in [0.2, 0.25) is 0 Å².